The molecule has 0 atom stereocenters. The Morgan fingerprint density at radius 3 is 0.300 bits per heavy atom. The fraction of sp³-hybridized carbons (Fsp3) is 0. The monoisotopic (exact) mass is 452 g/mol. The minimum absolute atomic E-state index is 0. The molecule has 0 aromatic carbocycles. The van der Waals surface area contributed by atoms with Crippen LogP contribution in [0.5, 0.6) is 0 Å². The summed E-state index contributed by atoms with van der Waals surface area (Å²) < 4.78 is 0. The van der Waals surface area contributed by atoms with Crippen LogP contribution >= 0.6 is 0 Å². The van der Waals surface area contributed by atoms with E-state index in [9.17, 15) is 0 Å². The molecule has 0 amide bonds. The van der Waals surface area contributed by atoms with Crippen LogP contribution in [-0.4, -0.2) is 24.4 Å². The van der Waals surface area contributed by atoms with E-state index in [0.717, 1.165) is 0 Å². The van der Waals surface area contributed by atoms with Crippen LogP contribution in [0.15, 0.2) is 0 Å². The van der Waals surface area contributed by atoms with Crippen molar-refractivity contribution >= 4 is 24.4 Å². The molecule has 0 aliphatic carbocycles. The maximum Gasteiger partial charge on any atom is 5.00 e. The van der Waals surface area contributed by atoms with Crippen molar-refractivity contribution in [1.82, 2.24) is 0 Å². The molecule has 0 rings (SSSR count). The summed E-state index contributed by atoms with van der Waals surface area (Å²) in [5.41, 5.74) is 0. The van der Waals surface area contributed by atoms with E-state index >= 15 is 0 Å². The van der Waals surface area contributed by atoms with Gasteiger partial charge in [0.25, 0.3) is 0 Å². The maximum atomic E-state index is 0. The van der Waals surface area contributed by atoms with Gasteiger partial charge in [0, 0.05) is 0 Å². The standard InChI is InChI=1S/8ClH.Sb.V/h8*1H;;/q;;;;;;;;+3;+5/p-8. The Balaban J connectivity index is 0. The van der Waals surface area contributed by atoms with Crippen LogP contribution in [0.2, 0.25) is 0 Å². The van der Waals surface area contributed by atoms with E-state index in [-0.39, 0.29) is 142 Å². The van der Waals surface area contributed by atoms with Gasteiger partial charge < -0.3 is 99.3 Å². The van der Waals surface area contributed by atoms with Gasteiger partial charge in [0.15, 0.2) is 0 Å². The van der Waals surface area contributed by atoms with Crippen LogP contribution < -0.4 is 99.3 Å². The molecule has 0 bridgehead atoms. The van der Waals surface area contributed by atoms with Gasteiger partial charge in [-0.2, -0.15) is 0 Å². The molecule has 66 valence electrons. The van der Waals surface area contributed by atoms with E-state index in [0.29, 0.717) is 0 Å². The Bertz CT molecular complexity index is 9.22. The molecule has 2 radical (unpaired) electrons. The van der Waals surface area contributed by atoms with Crippen molar-refractivity contribution in [3.63, 3.8) is 0 Å². The summed E-state index contributed by atoms with van der Waals surface area (Å²) in [6, 6.07) is 0. The minimum atomic E-state index is 0. The van der Waals surface area contributed by atoms with Gasteiger partial charge >= 0.3 is 43.0 Å². The molecule has 0 aromatic heterocycles. The van der Waals surface area contributed by atoms with E-state index in [1.807, 2.05) is 0 Å². The summed E-state index contributed by atoms with van der Waals surface area (Å²) in [6.07, 6.45) is 0. The van der Waals surface area contributed by atoms with Crippen molar-refractivity contribution in [2.75, 3.05) is 0 Å². The van der Waals surface area contributed by atoms with Crippen molar-refractivity contribution < 1.29 is 118 Å². The zero-order valence-corrected chi connectivity index (χ0v) is 13.9. The summed E-state index contributed by atoms with van der Waals surface area (Å²) in [7, 11) is 0. The van der Waals surface area contributed by atoms with E-state index in [2.05, 4.69) is 0 Å². The first-order valence-electron chi connectivity index (χ1n) is 0. The van der Waals surface area contributed by atoms with Crippen LogP contribution in [0, 0.1) is 0 Å². The summed E-state index contributed by atoms with van der Waals surface area (Å²) >= 11 is 0. The summed E-state index contributed by atoms with van der Waals surface area (Å²) in [5, 5.41) is 0. The number of halogens is 8. The molecule has 0 aliphatic heterocycles. The largest absolute Gasteiger partial charge is 5.00 e. The molecule has 10 heavy (non-hydrogen) atoms. The third kappa shape index (κ3) is 97.3. The average molecular weight is 456 g/mol. The first kappa shape index (κ1) is 160. The molecule has 0 aliphatic rings. The van der Waals surface area contributed by atoms with Gasteiger partial charge in [0.2, 0.25) is 0 Å². The predicted octanol–water partition coefficient (Wildman–Crippen LogP) is -24.4. The van der Waals surface area contributed by atoms with E-state index in [1.54, 1.807) is 0 Å². The Kier molecular flexibility index (Phi) is 2020. The fourth-order valence-corrected chi connectivity index (χ4v) is 0. The van der Waals surface area contributed by atoms with Gasteiger partial charge in [0.1, 0.15) is 0 Å². The van der Waals surface area contributed by atoms with Crippen LogP contribution in [0.4, 0.5) is 0 Å². The predicted molar refractivity (Wildman–Crippen MR) is 5.75 cm³/mol. The second kappa shape index (κ2) is 126. The number of hydrogen-bond acceptors (Lipinski definition) is 0. The molecule has 0 aromatic rings. The van der Waals surface area contributed by atoms with Gasteiger partial charge in [-0.15, -0.1) is 0 Å². The third-order valence-electron chi connectivity index (χ3n) is 0. The van der Waals surface area contributed by atoms with Crippen molar-refractivity contribution in [2.24, 2.45) is 0 Å². The van der Waals surface area contributed by atoms with Crippen LogP contribution in [0.1, 0.15) is 0 Å². The second-order valence-corrected chi connectivity index (χ2v) is 0. The van der Waals surface area contributed by atoms with E-state index in [4.69, 9.17) is 0 Å². The average Bonchev–Trinajstić information content (AvgIpc) is 0. The SMILES string of the molecule is [Cl-].[Cl-].[Cl-].[Cl-].[Cl-].[Cl-].[Cl-].[Cl-].[Sb+3].[V+5]. The first-order valence-corrected chi connectivity index (χ1v) is 0. The second-order valence-electron chi connectivity index (χ2n) is 0. The fourth-order valence-electron chi connectivity index (χ4n) is 0. The van der Waals surface area contributed by atoms with Gasteiger partial charge in [-0.1, -0.05) is 0 Å². The molecular formula is Cl8SbV. The Morgan fingerprint density at radius 2 is 0.300 bits per heavy atom. The summed E-state index contributed by atoms with van der Waals surface area (Å²) in [4.78, 5) is 0. The van der Waals surface area contributed by atoms with Crippen molar-refractivity contribution in [2.45, 2.75) is 0 Å². The maximum absolute atomic E-state index is 0. The topological polar surface area (TPSA) is 0 Å². The Hall–Kier alpha value is 3.72. The third-order valence-corrected chi connectivity index (χ3v) is 0. The van der Waals surface area contributed by atoms with Crippen LogP contribution in [0.25, 0.3) is 0 Å². The molecule has 0 N–H and O–H groups in total. The van der Waals surface area contributed by atoms with Crippen LogP contribution in [-0.2, 0) is 18.6 Å². The van der Waals surface area contributed by atoms with E-state index in [1.165, 1.54) is 0 Å². The molecule has 0 heterocycles. The van der Waals surface area contributed by atoms with Gasteiger partial charge in [-0.3, -0.25) is 0 Å². The normalized spacial score (nSPS) is 0. The zero-order chi connectivity index (χ0) is 0. The molecule has 0 saturated heterocycles. The number of rotatable bonds is 0. The molecule has 0 nitrogen and oxygen atoms in total. The number of hydrogen-bond donors (Lipinski definition) is 0. The van der Waals surface area contributed by atoms with Gasteiger partial charge in [-0.05, 0) is 0 Å². The molecule has 0 fully saturated rings. The van der Waals surface area contributed by atoms with Gasteiger partial charge in [0.05, 0.1) is 0 Å². The smallest absolute Gasteiger partial charge is 1.00 e. The summed E-state index contributed by atoms with van der Waals surface area (Å²) in [6.45, 7) is 0. The zero-order valence-electron chi connectivity index (χ0n) is 3.92. The molecule has 10 heteroatoms. The summed E-state index contributed by atoms with van der Waals surface area (Å²) in [5.74, 6) is 0. The first-order chi connectivity index (χ1) is 0. The van der Waals surface area contributed by atoms with Gasteiger partial charge in [-0.25, -0.2) is 0 Å². The van der Waals surface area contributed by atoms with Crippen LogP contribution in [0.3, 0.4) is 0 Å². The Labute approximate surface area is 140 Å². The molecule has 0 spiro atoms. The van der Waals surface area contributed by atoms with Crippen molar-refractivity contribution in [1.29, 1.82) is 0 Å². The molecule has 0 saturated carbocycles. The van der Waals surface area contributed by atoms with Crippen molar-refractivity contribution in [3.05, 3.63) is 0 Å². The molecule has 0 unspecified atom stereocenters. The minimum Gasteiger partial charge on any atom is -1.00 e. The quantitative estimate of drug-likeness (QED) is 0.318. The molecular weight excluding hydrogens is 456 g/mol. The van der Waals surface area contributed by atoms with Crippen molar-refractivity contribution in [3.8, 4) is 0 Å². The Morgan fingerprint density at radius 1 is 0.300 bits per heavy atom. The van der Waals surface area contributed by atoms with E-state index < -0.39 is 0 Å².